The molecule has 142 valence electrons. The van der Waals surface area contributed by atoms with Crippen molar-refractivity contribution in [3.8, 4) is 17.0 Å². The summed E-state index contributed by atoms with van der Waals surface area (Å²) in [7, 11) is 1.30. The van der Waals surface area contributed by atoms with E-state index in [4.69, 9.17) is 24.2 Å². The van der Waals surface area contributed by atoms with Crippen LogP contribution < -0.4 is 10.5 Å². The maximum atomic E-state index is 5.90. The molecule has 3 rings (SSSR count). The van der Waals surface area contributed by atoms with Crippen LogP contribution in [0, 0.1) is 0 Å². The third kappa shape index (κ3) is 6.30. The van der Waals surface area contributed by atoms with E-state index in [1.165, 1.54) is 9.21 Å². The number of nitrogen functional groups attached to an aromatic ring is 1. The van der Waals surface area contributed by atoms with Crippen LogP contribution in [0.5, 0.6) is 5.75 Å². The van der Waals surface area contributed by atoms with Gasteiger partial charge in [0.1, 0.15) is 18.5 Å². The standard InChI is InChI=1S/C18H17I2N2O3PS/c19-26-25-16(11-24-27-20)10-23-15-6-8-18-13(9-15)3-7-17(22-18)12-1-4-14(21)5-2-12/h1-9,16,26H,10-11,21H2. The number of benzene rings is 2. The van der Waals surface area contributed by atoms with Gasteiger partial charge >= 0.3 is 0 Å². The molecule has 0 bridgehead atoms. The Hall–Kier alpha value is -0.390. The Labute approximate surface area is 189 Å². The van der Waals surface area contributed by atoms with Gasteiger partial charge in [-0.15, -0.1) is 0 Å². The Morgan fingerprint density at radius 2 is 1.89 bits per heavy atom. The Balaban J connectivity index is 1.71. The minimum atomic E-state index is -0.0933. The van der Waals surface area contributed by atoms with E-state index in [2.05, 4.69) is 49.3 Å². The molecular weight excluding hydrogens is 609 g/mol. The summed E-state index contributed by atoms with van der Waals surface area (Å²) in [5.74, 6) is 0.789. The molecule has 0 amide bonds. The minimum absolute atomic E-state index is 0.0933. The lowest BCUT2D eigenvalue weighted by Gasteiger charge is -2.16. The zero-order valence-electron chi connectivity index (χ0n) is 14.1. The molecule has 2 aromatic carbocycles. The average Bonchev–Trinajstić information content (AvgIpc) is 2.70. The summed E-state index contributed by atoms with van der Waals surface area (Å²) in [5.41, 5.74) is 9.38. The van der Waals surface area contributed by atoms with Crippen LogP contribution in [0.15, 0.2) is 54.6 Å². The van der Waals surface area contributed by atoms with Crippen LogP contribution >= 0.6 is 58.9 Å². The highest BCUT2D eigenvalue weighted by Crippen LogP contribution is 2.27. The zero-order valence-corrected chi connectivity index (χ0v) is 20.2. The second-order valence-electron chi connectivity index (χ2n) is 5.65. The SMILES string of the molecule is Nc1ccc(-c2ccc3cc(OCC(COSI)OPI)ccc3n2)cc1. The lowest BCUT2D eigenvalue weighted by atomic mass is 10.1. The molecule has 0 saturated carbocycles. The van der Waals surface area contributed by atoms with Crippen molar-refractivity contribution in [2.24, 2.45) is 0 Å². The van der Waals surface area contributed by atoms with Crippen molar-refractivity contribution < 1.29 is 13.4 Å². The topological polar surface area (TPSA) is 66.6 Å². The number of ether oxygens (including phenoxy) is 1. The highest BCUT2D eigenvalue weighted by atomic mass is 127. The quantitative estimate of drug-likeness (QED) is 0.132. The maximum Gasteiger partial charge on any atom is 0.121 e. The third-order valence-corrected chi connectivity index (χ3v) is 5.99. The molecule has 1 heterocycles. The predicted octanol–water partition coefficient (Wildman–Crippen LogP) is 6.21. The van der Waals surface area contributed by atoms with Crippen LogP contribution in [0.2, 0.25) is 0 Å². The number of rotatable bonds is 9. The molecule has 0 radical (unpaired) electrons. The number of fused-ring (bicyclic) bond motifs is 1. The van der Waals surface area contributed by atoms with Crippen LogP contribution in [0.1, 0.15) is 0 Å². The lowest BCUT2D eigenvalue weighted by molar-refractivity contribution is 0.107. The average molecular weight is 626 g/mol. The molecule has 9 heteroatoms. The van der Waals surface area contributed by atoms with Gasteiger partial charge < -0.3 is 19.2 Å². The number of anilines is 1. The number of hydrogen-bond donors (Lipinski definition) is 1. The molecule has 2 atom stereocenters. The van der Waals surface area contributed by atoms with E-state index in [1.54, 1.807) is 0 Å². The van der Waals surface area contributed by atoms with Gasteiger partial charge in [0.15, 0.2) is 0 Å². The van der Waals surface area contributed by atoms with Crippen molar-refractivity contribution in [3.05, 3.63) is 54.6 Å². The summed E-state index contributed by atoms with van der Waals surface area (Å²) >= 11 is 4.29. The molecule has 27 heavy (non-hydrogen) atoms. The van der Waals surface area contributed by atoms with E-state index in [0.29, 0.717) is 19.7 Å². The fourth-order valence-electron chi connectivity index (χ4n) is 2.48. The fraction of sp³-hybridized carbons (Fsp3) is 0.167. The maximum absolute atomic E-state index is 5.90. The van der Waals surface area contributed by atoms with Crippen LogP contribution in [-0.4, -0.2) is 24.3 Å². The number of nitrogens with two attached hydrogens (primary N) is 1. The molecule has 0 aliphatic heterocycles. The van der Waals surface area contributed by atoms with Gasteiger partial charge in [-0.05, 0) is 58.4 Å². The van der Waals surface area contributed by atoms with E-state index in [1.807, 2.05) is 48.5 Å². The zero-order chi connectivity index (χ0) is 19.1. The number of halogens is 2. The molecule has 3 aromatic rings. The van der Waals surface area contributed by atoms with Crippen molar-refractivity contribution >= 4 is 75.5 Å². The molecular formula is C18H17I2N2O3PS. The number of aromatic nitrogens is 1. The van der Waals surface area contributed by atoms with Crippen LogP contribution in [-0.2, 0) is 8.71 Å². The van der Waals surface area contributed by atoms with Gasteiger partial charge in [-0.1, -0.05) is 18.2 Å². The van der Waals surface area contributed by atoms with Gasteiger partial charge in [0.05, 0.1) is 33.5 Å². The van der Waals surface area contributed by atoms with Crippen molar-refractivity contribution in [2.75, 3.05) is 18.9 Å². The van der Waals surface area contributed by atoms with Crippen LogP contribution in [0.25, 0.3) is 22.2 Å². The van der Waals surface area contributed by atoms with E-state index >= 15 is 0 Å². The van der Waals surface area contributed by atoms with Crippen molar-refractivity contribution in [2.45, 2.75) is 6.10 Å². The molecule has 0 aliphatic rings. The summed E-state index contributed by atoms with van der Waals surface area (Å²) in [4.78, 5) is 4.74. The second-order valence-corrected chi connectivity index (χ2v) is 8.80. The normalized spacial score (nSPS) is 12.7. The van der Waals surface area contributed by atoms with Gasteiger partial charge in [0, 0.05) is 37.8 Å². The molecule has 0 spiro atoms. The van der Waals surface area contributed by atoms with Gasteiger partial charge in [-0.25, -0.2) is 4.98 Å². The van der Waals surface area contributed by atoms with E-state index < -0.39 is 0 Å². The molecule has 0 aliphatic carbocycles. The molecule has 2 unspecified atom stereocenters. The molecule has 0 saturated heterocycles. The number of nitrogens with zero attached hydrogens (tertiary/aromatic N) is 1. The number of hydrogen-bond acceptors (Lipinski definition) is 6. The monoisotopic (exact) mass is 626 g/mol. The minimum Gasteiger partial charge on any atom is -0.491 e. The van der Waals surface area contributed by atoms with Gasteiger partial charge in [-0.2, -0.15) is 0 Å². The van der Waals surface area contributed by atoms with Crippen molar-refractivity contribution in [1.82, 2.24) is 4.98 Å². The summed E-state index contributed by atoms with van der Waals surface area (Å²) in [6, 6.07) is 17.7. The molecule has 5 nitrogen and oxygen atoms in total. The lowest BCUT2D eigenvalue weighted by Crippen LogP contribution is -2.23. The Bertz CT molecular complexity index is 886. The van der Waals surface area contributed by atoms with Gasteiger partial charge in [-0.3, -0.25) is 0 Å². The van der Waals surface area contributed by atoms with Crippen LogP contribution in [0.3, 0.4) is 0 Å². The molecule has 1 aromatic heterocycles. The summed E-state index contributed by atoms with van der Waals surface area (Å²) in [6.45, 7) is 1.30. The Morgan fingerprint density at radius 1 is 1.07 bits per heavy atom. The summed E-state index contributed by atoms with van der Waals surface area (Å²) in [6.07, 6.45) is -0.0933. The smallest absolute Gasteiger partial charge is 0.121 e. The fourth-order valence-corrected chi connectivity index (χ4v) is 4.46. The first-order chi connectivity index (χ1) is 13.2. The summed E-state index contributed by atoms with van der Waals surface area (Å²) in [5, 5.41) is 1.03. The molecule has 0 fully saturated rings. The largest absolute Gasteiger partial charge is 0.491 e. The van der Waals surface area contributed by atoms with Crippen molar-refractivity contribution in [3.63, 3.8) is 0 Å². The van der Waals surface area contributed by atoms with E-state index in [-0.39, 0.29) is 6.10 Å². The van der Waals surface area contributed by atoms with Crippen LogP contribution in [0.4, 0.5) is 5.69 Å². The first-order valence-corrected chi connectivity index (χ1v) is 15.3. The summed E-state index contributed by atoms with van der Waals surface area (Å²) < 4.78 is 16.9. The highest BCUT2D eigenvalue weighted by Gasteiger charge is 2.11. The Kier molecular flexibility index (Phi) is 8.66. The van der Waals surface area contributed by atoms with Gasteiger partial charge in [0.2, 0.25) is 0 Å². The highest BCUT2D eigenvalue weighted by molar-refractivity contribution is 14.2. The van der Waals surface area contributed by atoms with Crippen molar-refractivity contribution in [1.29, 1.82) is 0 Å². The first-order valence-electron chi connectivity index (χ1n) is 8.00. The van der Waals surface area contributed by atoms with E-state index in [9.17, 15) is 0 Å². The first kappa shape index (κ1) is 21.3. The Morgan fingerprint density at radius 3 is 2.63 bits per heavy atom. The van der Waals surface area contributed by atoms with E-state index in [0.717, 1.165) is 33.6 Å². The number of pyridine rings is 1. The van der Waals surface area contributed by atoms with Gasteiger partial charge in [0.25, 0.3) is 0 Å². The second kappa shape index (κ2) is 11.0. The molecule has 2 N–H and O–H groups in total. The third-order valence-electron chi connectivity index (χ3n) is 3.81. The predicted molar refractivity (Wildman–Crippen MR) is 132 cm³/mol.